The van der Waals surface area contributed by atoms with Crippen molar-refractivity contribution < 1.29 is 22.7 Å². The molecule has 0 unspecified atom stereocenters. The van der Waals surface area contributed by atoms with Crippen LogP contribution in [0, 0.1) is 11.3 Å². The topological polar surface area (TPSA) is 117 Å². The van der Waals surface area contributed by atoms with Crippen LogP contribution in [0.3, 0.4) is 0 Å². The quantitative estimate of drug-likeness (QED) is 0.554. The number of anilines is 2. The predicted octanol–water partition coefficient (Wildman–Crippen LogP) is 3.18. The maximum Gasteiger partial charge on any atom is 0.340 e. The van der Waals surface area contributed by atoms with Crippen LogP contribution in [0.2, 0.25) is 0 Å². The monoisotopic (exact) mass is 449 g/mol. The van der Waals surface area contributed by atoms with Gasteiger partial charge in [0.15, 0.2) is 6.61 Å². The summed E-state index contributed by atoms with van der Waals surface area (Å²) in [5, 5.41) is 11.4. The summed E-state index contributed by atoms with van der Waals surface area (Å²) in [6.45, 7) is -0.626. The lowest BCUT2D eigenvalue weighted by Crippen LogP contribution is -2.28. The summed E-state index contributed by atoms with van der Waals surface area (Å²) in [5.74, 6) is -1.58. The Labute approximate surface area is 185 Å². The molecule has 0 heterocycles. The van der Waals surface area contributed by atoms with Crippen molar-refractivity contribution in [2.24, 2.45) is 0 Å². The summed E-state index contributed by atoms with van der Waals surface area (Å²) in [6, 6.07) is 22.2. The molecule has 0 fully saturated rings. The number of hydrogen-bond donors (Lipinski definition) is 1. The van der Waals surface area contributed by atoms with E-state index in [0.717, 1.165) is 4.31 Å². The van der Waals surface area contributed by atoms with Crippen LogP contribution < -0.4 is 9.62 Å². The van der Waals surface area contributed by atoms with E-state index in [2.05, 4.69) is 5.32 Å². The highest BCUT2D eigenvalue weighted by atomic mass is 32.2. The first kappa shape index (κ1) is 22.5. The number of rotatable bonds is 7. The number of ether oxygens (including phenoxy) is 1. The second kappa shape index (κ2) is 9.76. The molecule has 3 rings (SSSR count). The molecule has 0 radical (unpaired) electrons. The van der Waals surface area contributed by atoms with Gasteiger partial charge in [-0.05, 0) is 42.5 Å². The van der Waals surface area contributed by atoms with Gasteiger partial charge in [0.25, 0.3) is 15.9 Å². The van der Waals surface area contributed by atoms with Crippen molar-refractivity contribution >= 4 is 33.3 Å². The van der Waals surface area contributed by atoms with Crippen LogP contribution in [-0.4, -0.2) is 33.9 Å². The summed E-state index contributed by atoms with van der Waals surface area (Å²) in [6.07, 6.45) is 0. The van der Waals surface area contributed by atoms with Gasteiger partial charge in [-0.15, -0.1) is 0 Å². The van der Waals surface area contributed by atoms with E-state index < -0.39 is 28.5 Å². The van der Waals surface area contributed by atoms with Crippen LogP contribution in [0.15, 0.2) is 83.8 Å². The average Bonchev–Trinajstić information content (AvgIpc) is 2.82. The Bertz CT molecular complexity index is 1280. The smallest absolute Gasteiger partial charge is 0.340 e. The van der Waals surface area contributed by atoms with Gasteiger partial charge in [0.1, 0.15) is 4.90 Å². The number of sulfonamides is 1. The molecule has 0 aliphatic heterocycles. The Morgan fingerprint density at radius 2 is 1.69 bits per heavy atom. The van der Waals surface area contributed by atoms with Crippen molar-refractivity contribution in [2.75, 3.05) is 23.3 Å². The summed E-state index contributed by atoms with van der Waals surface area (Å²) >= 11 is 0. The molecule has 3 aromatic carbocycles. The van der Waals surface area contributed by atoms with Gasteiger partial charge in [-0.1, -0.05) is 36.4 Å². The third kappa shape index (κ3) is 5.11. The molecule has 0 saturated carbocycles. The summed E-state index contributed by atoms with van der Waals surface area (Å²) in [7, 11) is -2.68. The molecular formula is C23H19N3O5S. The molecule has 0 saturated heterocycles. The van der Waals surface area contributed by atoms with E-state index in [4.69, 9.17) is 10.00 Å². The zero-order valence-electron chi connectivity index (χ0n) is 17.1. The molecule has 3 aromatic rings. The molecule has 0 aliphatic carbocycles. The number of hydrogen-bond acceptors (Lipinski definition) is 6. The van der Waals surface area contributed by atoms with Gasteiger partial charge >= 0.3 is 5.97 Å². The van der Waals surface area contributed by atoms with Crippen molar-refractivity contribution in [3.63, 3.8) is 0 Å². The van der Waals surface area contributed by atoms with E-state index in [1.54, 1.807) is 48.5 Å². The second-order valence-electron chi connectivity index (χ2n) is 6.62. The summed E-state index contributed by atoms with van der Waals surface area (Å²) < 4.78 is 32.3. The molecule has 0 aliphatic rings. The number of amides is 1. The SMILES string of the molecule is CN(c1ccccc1)S(=O)(=O)c1ccccc1C(=O)OCC(=O)Nc1cccc(C#N)c1. The number of carbonyl (C=O) groups is 2. The highest BCUT2D eigenvalue weighted by Gasteiger charge is 2.27. The van der Waals surface area contributed by atoms with Crippen LogP contribution in [-0.2, 0) is 19.6 Å². The largest absolute Gasteiger partial charge is 0.452 e. The average molecular weight is 449 g/mol. The van der Waals surface area contributed by atoms with E-state index in [0.29, 0.717) is 16.9 Å². The first-order chi connectivity index (χ1) is 15.3. The van der Waals surface area contributed by atoms with Crippen LogP contribution in [0.4, 0.5) is 11.4 Å². The fourth-order valence-corrected chi connectivity index (χ4v) is 4.23. The van der Waals surface area contributed by atoms with Crippen LogP contribution >= 0.6 is 0 Å². The highest BCUT2D eigenvalue weighted by Crippen LogP contribution is 2.24. The lowest BCUT2D eigenvalue weighted by atomic mass is 10.2. The van der Waals surface area contributed by atoms with E-state index >= 15 is 0 Å². The normalized spacial score (nSPS) is 10.6. The summed E-state index contributed by atoms with van der Waals surface area (Å²) in [5.41, 5.74) is 0.975. The Morgan fingerprint density at radius 3 is 2.41 bits per heavy atom. The number of carbonyl (C=O) groups excluding carboxylic acids is 2. The van der Waals surface area contributed by atoms with E-state index in [9.17, 15) is 18.0 Å². The van der Waals surface area contributed by atoms with Crippen LogP contribution in [0.5, 0.6) is 0 Å². The lowest BCUT2D eigenvalue weighted by Gasteiger charge is -2.20. The highest BCUT2D eigenvalue weighted by molar-refractivity contribution is 7.92. The standard InChI is InChI=1S/C23H19N3O5S/c1-26(19-10-3-2-4-11-19)32(29,30)21-13-6-5-12-20(21)23(28)31-16-22(27)25-18-9-7-8-17(14-18)15-24/h2-14H,16H2,1H3,(H,25,27). The Hall–Kier alpha value is -4.16. The van der Waals surface area contributed by atoms with Gasteiger partial charge in [0.2, 0.25) is 0 Å². The maximum atomic E-state index is 13.1. The molecular weight excluding hydrogens is 430 g/mol. The zero-order chi connectivity index (χ0) is 23.1. The molecule has 0 spiro atoms. The second-order valence-corrected chi connectivity index (χ2v) is 8.56. The number of benzene rings is 3. The van der Waals surface area contributed by atoms with Gasteiger partial charge in [-0.2, -0.15) is 5.26 Å². The van der Waals surface area contributed by atoms with Crippen LogP contribution in [0.1, 0.15) is 15.9 Å². The lowest BCUT2D eigenvalue weighted by molar-refractivity contribution is -0.119. The van der Waals surface area contributed by atoms with Crippen molar-refractivity contribution in [3.8, 4) is 6.07 Å². The molecule has 1 amide bonds. The predicted molar refractivity (Wildman–Crippen MR) is 119 cm³/mol. The third-order valence-electron chi connectivity index (χ3n) is 4.48. The van der Waals surface area contributed by atoms with Gasteiger partial charge in [-0.3, -0.25) is 9.10 Å². The van der Waals surface area contributed by atoms with Gasteiger partial charge < -0.3 is 10.1 Å². The number of nitrogens with one attached hydrogen (secondary N) is 1. The number of nitrogens with zero attached hydrogens (tertiary/aromatic N) is 2. The Morgan fingerprint density at radius 1 is 1.00 bits per heavy atom. The zero-order valence-corrected chi connectivity index (χ0v) is 17.9. The van der Waals surface area contributed by atoms with Crippen molar-refractivity contribution in [1.82, 2.24) is 0 Å². The van der Waals surface area contributed by atoms with E-state index in [-0.39, 0.29) is 10.5 Å². The maximum absolute atomic E-state index is 13.1. The van der Waals surface area contributed by atoms with Crippen molar-refractivity contribution in [1.29, 1.82) is 5.26 Å². The van der Waals surface area contributed by atoms with E-state index in [1.807, 2.05) is 6.07 Å². The Kier molecular flexibility index (Phi) is 6.87. The minimum atomic E-state index is -4.06. The minimum absolute atomic E-state index is 0.186. The summed E-state index contributed by atoms with van der Waals surface area (Å²) in [4.78, 5) is 24.5. The molecule has 32 heavy (non-hydrogen) atoms. The first-order valence-corrected chi connectivity index (χ1v) is 10.9. The Balaban J connectivity index is 1.74. The van der Waals surface area contributed by atoms with E-state index in [1.165, 1.54) is 37.4 Å². The first-order valence-electron chi connectivity index (χ1n) is 9.43. The minimum Gasteiger partial charge on any atom is -0.452 e. The van der Waals surface area contributed by atoms with Crippen molar-refractivity contribution in [3.05, 3.63) is 90.0 Å². The molecule has 0 aromatic heterocycles. The van der Waals surface area contributed by atoms with Crippen molar-refractivity contribution in [2.45, 2.75) is 4.90 Å². The fraction of sp³-hybridized carbons (Fsp3) is 0.0870. The molecule has 8 nitrogen and oxygen atoms in total. The third-order valence-corrected chi connectivity index (χ3v) is 6.32. The van der Waals surface area contributed by atoms with Gasteiger partial charge in [-0.25, -0.2) is 13.2 Å². The number of esters is 1. The number of nitriles is 1. The molecule has 162 valence electrons. The molecule has 0 atom stereocenters. The van der Waals surface area contributed by atoms with Gasteiger partial charge in [0.05, 0.1) is 22.9 Å². The molecule has 1 N–H and O–H groups in total. The molecule has 9 heteroatoms. The molecule has 0 bridgehead atoms. The fourth-order valence-electron chi connectivity index (χ4n) is 2.86. The number of para-hydroxylation sites is 1. The van der Waals surface area contributed by atoms with Gasteiger partial charge in [0, 0.05) is 12.7 Å². The van der Waals surface area contributed by atoms with Crippen LogP contribution in [0.25, 0.3) is 0 Å².